The second-order valence-corrected chi connectivity index (χ2v) is 1.81. The number of esters is 1. The van der Waals surface area contributed by atoms with Gasteiger partial charge in [0.15, 0.2) is 12.1 Å². The summed E-state index contributed by atoms with van der Waals surface area (Å²) in [6.07, 6.45) is 2.29. The van der Waals surface area contributed by atoms with Gasteiger partial charge < -0.3 is 14.7 Å². The molecule has 0 aromatic carbocycles. The molecule has 62 valence electrons. The Morgan fingerprint density at radius 3 is 3.00 bits per heavy atom. The van der Waals surface area contributed by atoms with Crippen LogP contribution in [0.1, 0.15) is 5.69 Å². The summed E-state index contributed by atoms with van der Waals surface area (Å²) in [6.45, 7) is 0. The molecule has 0 N–H and O–H groups in total. The van der Waals surface area contributed by atoms with Gasteiger partial charge >= 0.3 is 11.7 Å². The number of carbonyl (C=O) groups excluding carboxylic acids is 1. The lowest BCUT2D eigenvalue weighted by atomic mass is 10.3. The number of ether oxygens (including phenoxy) is 1. The van der Waals surface area contributed by atoms with Crippen LogP contribution in [-0.4, -0.2) is 28.6 Å². The highest BCUT2D eigenvalue weighted by atomic mass is 16.5. The highest BCUT2D eigenvalue weighted by Crippen LogP contribution is 1.96. The standard InChI is InChI=1S/C6H5N3O3/c1-11-6(10)5(9-7)4-2-12-3-8-4/h2-3H,1H3. The summed E-state index contributed by atoms with van der Waals surface area (Å²) in [5.74, 6) is -0.772. The molecule has 0 saturated heterocycles. The molecule has 0 spiro atoms. The summed E-state index contributed by atoms with van der Waals surface area (Å²) in [4.78, 5) is 17.2. The zero-order chi connectivity index (χ0) is 8.97. The molecule has 0 unspecified atom stereocenters. The van der Waals surface area contributed by atoms with Gasteiger partial charge in [0.05, 0.1) is 7.11 Å². The van der Waals surface area contributed by atoms with Gasteiger partial charge in [-0.1, -0.05) is 0 Å². The summed E-state index contributed by atoms with van der Waals surface area (Å²) in [5.41, 5.74) is 8.25. The fourth-order valence-corrected chi connectivity index (χ4v) is 0.623. The summed E-state index contributed by atoms with van der Waals surface area (Å²) < 4.78 is 8.90. The van der Waals surface area contributed by atoms with Crippen LogP contribution in [0.3, 0.4) is 0 Å². The number of aromatic nitrogens is 1. The number of oxazole rings is 1. The zero-order valence-corrected chi connectivity index (χ0v) is 6.22. The molecule has 6 nitrogen and oxygen atoms in total. The van der Waals surface area contributed by atoms with Crippen LogP contribution >= 0.6 is 0 Å². The first kappa shape index (κ1) is 8.16. The predicted molar refractivity (Wildman–Crippen MR) is 36.2 cm³/mol. The Hall–Kier alpha value is -1.94. The molecule has 1 aromatic rings. The van der Waals surface area contributed by atoms with Gasteiger partial charge in [0.1, 0.15) is 6.26 Å². The van der Waals surface area contributed by atoms with E-state index < -0.39 is 5.97 Å². The van der Waals surface area contributed by atoms with Crippen molar-refractivity contribution in [2.24, 2.45) is 0 Å². The van der Waals surface area contributed by atoms with E-state index in [1.165, 1.54) is 13.4 Å². The van der Waals surface area contributed by atoms with Crippen molar-refractivity contribution in [3.63, 3.8) is 0 Å². The van der Waals surface area contributed by atoms with Crippen LogP contribution < -0.4 is 0 Å². The van der Waals surface area contributed by atoms with Gasteiger partial charge in [0.25, 0.3) is 0 Å². The zero-order valence-electron chi connectivity index (χ0n) is 6.22. The van der Waals surface area contributed by atoms with E-state index in [-0.39, 0.29) is 11.4 Å². The molecule has 0 atom stereocenters. The maximum atomic E-state index is 10.8. The lowest BCUT2D eigenvalue weighted by Gasteiger charge is -1.88. The topological polar surface area (TPSA) is 88.7 Å². The Morgan fingerprint density at radius 2 is 2.58 bits per heavy atom. The molecule has 0 aliphatic carbocycles. The van der Waals surface area contributed by atoms with Gasteiger partial charge in [-0.2, -0.15) is 4.79 Å². The number of hydrogen-bond acceptors (Lipinski definition) is 4. The third kappa shape index (κ3) is 1.38. The maximum Gasteiger partial charge on any atom is 0.427 e. The molecule has 1 rings (SSSR count). The Labute approximate surface area is 67.4 Å². The minimum atomic E-state index is -0.772. The largest absolute Gasteiger partial charge is 0.460 e. The molecule has 1 heterocycles. The second kappa shape index (κ2) is 3.45. The van der Waals surface area contributed by atoms with E-state index >= 15 is 0 Å². The van der Waals surface area contributed by atoms with Crippen LogP contribution in [0.25, 0.3) is 5.53 Å². The Bertz CT molecular complexity index is 324. The summed E-state index contributed by atoms with van der Waals surface area (Å²) in [6, 6.07) is 0. The third-order valence-corrected chi connectivity index (χ3v) is 1.15. The Kier molecular flexibility index (Phi) is 2.35. The minimum Gasteiger partial charge on any atom is -0.460 e. The first-order valence-electron chi connectivity index (χ1n) is 2.98. The average Bonchev–Trinajstić information content (AvgIpc) is 2.58. The maximum absolute atomic E-state index is 10.8. The minimum absolute atomic E-state index is 0.129. The van der Waals surface area contributed by atoms with Crippen LogP contribution in [0.2, 0.25) is 0 Å². The van der Waals surface area contributed by atoms with E-state index in [0.29, 0.717) is 0 Å². The summed E-state index contributed by atoms with van der Waals surface area (Å²) in [5, 5.41) is 0. The molecule has 0 fully saturated rings. The lowest BCUT2D eigenvalue weighted by Crippen LogP contribution is -2.18. The van der Waals surface area contributed by atoms with E-state index in [1.54, 1.807) is 0 Å². The number of hydrogen-bond donors (Lipinski definition) is 0. The molecule has 0 aliphatic rings. The first-order chi connectivity index (χ1) is 5.79. The van der Waals surface area contributed by atoms with E-state index in [2.05, 4.69) is 18.9 Å². The van der Waals surface area contributed by atoms with Crippen molar-refractivity contribution in [2.75, 3.05) is 7.11 Å². The number of rotatable bonds is 2. The second-order valence-electron chi connectivity index (χ2n) is 1.81. The average molecular weight is 167 g/mol. The Morgan fingerprint density at radius 1 is 1.83 bits per heavy atom. The van der Waals surface area contributed by atoms with Crippen LogP contribution in [0.15, 0.2) is 17.1 Å². The number of methoxy groups -OCH3 is 1. The monoisotopic (exact) mass is 167 g/mol. The summed E-state index contributed by atoms with van der Waals surface area (Å²) >= 11 is 0. The molecular weight excluding hydrogens is 162 g/mol. The van der Waals surface area contributed by atoms with Crippen molar-refractivity contribution in [3.05, 3.63) is 23.9 Å². The fraction of sp³-hybridized carbons (Fsp3) is 0.167. The van der Waals surface area contributed by atoms with Gasteiger partial charge in [-0.15, -0.1) is 0 Å². The van der Waals surface area contributed by atoms with Crippen LogP contribution in [0, 0.1) is 0 Å². The molecule has 0 aliphatic heterocycles. The van der Waals surface area contributed by atoms with Crippen LogP contribution in [-0.2, 0) is 9.53 Å². The fourth-order valence-electron chi connectivity index (χ4n) is 0.623. The lowest BCUT2D eigenvalue weighted by molar-refractivity contribution is -0.137. The normalized spacial score (nSPS) is 8.75. The number of nitrogens with zero attached hydrogens (tertiary/aromatic N) is 3. The molecule has 12 heavy (non-hydrogen) atoms. The van der Waals surface area contributed by atoms with E-state index in [9.17, 15) is 4.79 Å². The van der Waals surface area contributed by atoms with Crippen molar-refractivity contribution in [2.45, 2.75) is 0 Å². The van der Waals surface area contributed by atoms with Gasteiger partial charge in [-0.05, 0) is 0 Å². The highest BCUT2D eigenvalue weighted by Gasteiger charge is 2.26. The first-order valence-corrected chi connectivity index (χ1v) is 2.98. The van der Waals surface area contributed by atoms with E-state index in [1.807, 2.05) is 0 Å². The predicted octanol–water partition coefficient (Wildman–Crippen LogP) is -0.133. The van der Waals surface area contributed by atoms with E-state index in [0.717, 1.165) is 6.39 Å². The molecule has 6 heteroatoms. The molecule has 0 saturated carbocycles. The summed E-state index contributed by atoms with van der Waals surface area (Å²) in [7, 11) is 1.17. The van der Waals surface area contributed by atoms with Crippen molar-refractivity contribution < 1.29 is 18.7 Å². The SMILES string of the molecule is COC(=O)C(=[N+]=[N-])c1cocn1. The van der Waals surface area contributed by atoms with Gasteiger partial charge in [-0.3, -0.25) is 0 Å². The van der Waals surface area contributed by atoms with Crippen molar-refractivity contribution in [1.29, 1.82) is 0 Å². The molecule has 0 bridgehead atoms. The quantitative estimate of drug-likeness (QED) is 0.265. The van der Waals surface area contributed by atoms with Crippen molar-refractivity contribution in [1.82, 2.24) is 4.98 Å². The van der Waals surface area contributed by atoms with Gasteiger partial charge in [0, 0.05) is 0 Å². The van der Waals surface area contributed by atoms with Crippen molar-refractivity contribution >= 4 is 11.7 Å². The van der Waals surface area contributed by atoms with Gasteiger partial charge in [0.2, 0.25) is 0 Å². The van der Waals surface area contributed by atoms with Crippen LogP contribution in [0.5, 0.6) is 0 Å². The highest BCUT2D eigenvalue weighted by molar-refractivity contribution is 6.40. The number of carbonyl (C=O) groups is 1. The van der Waals surface area contributed by atoms with Crippen LogP contribution in [0.4, 0.5) is 0 Å². The van der Waals surface area contributed by atoms with Gasteiger partial charge in [-0.25, -0.2) is 9.78 Å². The molecule has 1 aromatic heterocycles. The smallest absolute Gasteiger partial charge is 0.427 e. The third-order valence-electron chi connectivity index (χ3n) is 1.15. The molecular formula is C6H5N3O3. The molecule has 0 amide bonds. The van der Waals surface area contributed by atoms with E-state index in [4.69, 9.17) is 5.53 Å². The Balaban J connectivity index is 3.01. The molecule has 0 radical (unpaired) electrons. The van der Waals surface area contributed by atoms with Crippen molar-refractivity contribution in [3.8, 4) is 0 Å².